The van der Waals surface area contributed by atoms with Crippen molar-refractivity contribution in [2.24, 2.45) is 0 Å². The Kier molecular flexibility index (Phi) is 5.99. The highest BCUT2D eigenvalue weighted by atomic mass is 32.1. The third-order valence-electron chi connectivity index (χ3n) is 9.87. The van der Waals surface area contributed by atoms with Crippen molar-refractivity contribution >= 4 is 95.3 Å². The van der Waals surface area contributed by atoms with E-state index in [9.17, 15) is 0 Å². The van der Waals surface area contributed by atoms with Crippen LogP contribution in [0.2, 0.25) is 0 Å². The van der Waals surface area contributed by atoms with Crippen molar-refractivity contribution in [2.75, 3.05) is 0 Å². The van der Waals surface area contributed by atoms with E-state index in [4.69, 9.17) is 15.0 Å². The van der Waals surface area contributed by atoms with Crippen LogP contribution in [-0.2, 0) is 0 Å². The van der Waals surface area contributed by atoms with Gasteiger partial charge in [0.1, 0.15) is 0 Å². The van der Waals surface area contributed by atoms with E-state index < -0.39 is 0 Å². The number of thiophene rings is 2. The molecule has 0 aliphatic carbocycles. The first-order valence-electron chi connectivity index (χ1n) is 16.7. The van der Waals surface area contributed by atoms with Gasteiger partial charge in [0.25, 0.3) is 0 Å². The quantitative estimate of drug-likeness (QED) is 0.176. The molecule has 3 aromatic heterocycles. The number of nitrogens with zero attached hydrogens (tertiary/aromatic N) is 3. The molecule has 0 fully saturated rings. The molecule has 0 atom stereocenters. The molecule has 0 unspecified atom stereocenters. The van der Waals surface area contributed by atoms with Gasteiger partial charge in [0.15, 0.2) is 17.5 Å². The van der Waals surface area contributed by atoms with Crippen LogP contribution in [0.5, 0.6) is 0 Å². The van der Waals surface area contributed by atoms with Crippen LogP contribution in [-0.4, -0.2) is 15.0 Å². The lowest BCUT2D eigenvalue weighted by atomic mass is 9.94. The van der Waals surface area contributed by atoms with Crippen LogP contribution < -0.4 is 0 Å². The third kappa shape index (κ3) is 4.31. The molecule has 232 valence electrons. The molecule has 11 aromatic rings. The molecule has 3 nitrogen and oxygen atoms in total. The number of benzene rings is 8. The van der Waals surface area contributed by atoms with E-state index in [1.54, 1.807) is 0 Å². The summed E-state index contributed by atoms with van der Waals surface area (Å²) in [5, 5.41) is 12.6. The van der Waals surface area contributed by atoms with Crippen LogP contribution in [0, 0.1) is 0 Å². The van der Waals surface area contributed by atoms with Gasteiger partial charge >= 0.3 is 0 Å². The molecule has 0 saturated heterocycles. The van der Waals surface area contributed by atoms with E-state index in [1.807, 2.05) is 40.9 Å². The van der Waals surface area contributed by atoms with Gasteiger partial charge in [0.05, 0.1) is 0 Å². The first-order chi connectivity index (χ1) is 24.7. The monoisotopic (exact) mass is 671 g/mol. The van der Waals surface area contributed by atoms with Gasteiger partial charge in [-0.15, -0.1) is 22.7 Å². The van der Waals surface area contributed by atoms with Gasteiger partial charge < -0.3 is 0 Å². The second kappa shape index (κ2) is 10.7. The molecule has 50 heavy (non-hydrogen) atoms. The predicted molar refractivity (Wildman–Crippen MR) is 214 cm³/mol. The number of rotatable bonds is 3. The van der Waals surface area contributed by atoms with E-state index in [2.05, 4.69) is 133 Å². The Morgan fingerprint density at radius 1 is 0.300 bits per heavy atom. The van der Waals surface area contributed by atoms with Crippen LogP contribution in [0.25, 0.3) is 107 Å². The maximum absolute atomic E-state index is 5.13. The Labute approximate surface area is 294 Å². The van der Waals surface area contributed by atoms with Crippen molar-refractivity contribution in [3.63, 3.8) is 0 Å². The highest BCUT2D eigenvalue weighted by molar-refractivity contribution is 7.26. The lowest BCUT2D eigenvalue weighted by Crippen LogP contribution is -2.00. The second-order valence-electron chi connectivity index (χ2n) is 12.8. The van der Waals surface area contributed by atoms with Crippen molar-refractivity contribution < 1.29 is 0 Å². The number of hydrogen-bond donors (Lipinski definition) is 0. The van der Waals surface area contributed by atoms with Gasteiger partial charge in [-0.25, -0.2) is 15.0 Å². The fourth-order valence-electron chi connectivity index (χ4n) is 7.46. The van der Waals surface area contributed by atoms with E-state index in [1.165, 1.54) is 67.3 Å². The van der Waals surface area contributed by atoms with Crippen molar-refractivity contribution in [3.05, 3.63) is 152 Å². The Hall–Kier alpha value is -6.01. The van der Waals surface area contributed by atoms with Crippen molar-refractivity contribution in [3.8, 4) is 34.2 Å². The maximum Gasteiger partial charge on any atom is 0.164 e. The molecule has 3 heterocycles. The van der Waals surface area contributed by atoms with E-state index >= 15 is 0 Å². The summed E-state index contributed by atoms with van der Waals surface area (Å²) in [5.74, 6) is 2.00. The Balaban J connectivity index is 1.10. The minimum atomic E-state index is 0.663. The fraction of sp³-hybridized carbons (Fsp3) is 0. The standard InChI is InChI=1S/C45H25N3S2/c1-2-8-27(9-3-1)43-46-44(48-45(47-43)31-19-21-40-36(24-31)33-10-4-6-12-38(33)49-40)30-18-20-32-28(22-30)16-14-26-15-17-29-23-37-34-11-5-7-13-39(34)50-41(37)25-35(29)42(26)32/h1-25H. The first kappa shape index (κ1) is 27.9. The van der Waals surface area contributed by atoms with Crippen LogP contribution >= 0.6 is 22.7 Å². The summed E-state index contributed by atoms with van der Waals surface area (Å²) in [4.78, 5) is 15.2. The van der Waals surface area contributed by atoms with Crippen molar-refractivity contribution in [1.82, 2.24) is 15.0 Å². The Morgan fingerprint density at radius 2 is 0.840 bits per heavy atom. The molecule has 0 saturated carbocycles. The number of hydrogen-bond acceptors (Lipinski definition) is 5. The van der Waals surface area contributed by atoms with E-state index in [0.29, 0.717) is 17.5 Å². The largest absolute Gasteiger partial charge is 0.208 e. The molecule has 0 aliphatic rings. The molecule has 5 heteroatoms. The molecule has 0 amide bonds. The average molecular weight is 672 g/mol. The summed E-state index contributed by atoms with van der Waals surface area (Å²) >= 11 is 3.69. The normalized spacial score (nSPS) is 12.0. The third-order valence-corrected chi connectivity index (χ3v) is 12.2. The fourth-order valence-corrected chi connectivity index (χ4v) is 9.68. The van der Waals surface area contributed by atoms with Gasteiger partial charge in [0, 0.05) is 57.0 Å². The van der Waals surface area contributed by atoms with E-state index in [-0.39, 0.29) is 0 Å². The number of fused-ring (bicyclic) bond motifs is 11. The Bertz CT molecular complexity index is 3160. The molecular formula is C45H25N3S2. The molecule has 8 aromatic carbocycles. The molecular weight excluding hydrogens is 647 g/mol. The first-order valence-corrected chi connectivity index (χ1v) is 18.3. The number of aromatic nitrogens is 3. The van der Waals surface area contributed by atoms with Crippen LogP contribution in [0.1, 0.15) is 0 Å². The predicted octanol–water partition coefficient (Wildman–Crippen LogP) is 13.1. The summed E-state index contributed by atoms with van der Waals surface area (Å²) in [5.41, 5.74) is 2.91. The Morgan fingerprint density at radius 3 is 1.58 bits per heavy atom. The molecule has 0 bridgehead atoms. The lowest BCUT2D eigenvalue weighted by Gasteiger charge is -2.11. The van der Waals surface area contributed by atoms with Gasteiger partial charge in [0.2, 0.25) is 0 Å². The summed E-state index contributed by atoms with van der Waals surface area (Å²) in [6.07, 6.45) is 0. The lowest BCUT2D eigenvalue weighted by molar-refractivity contribution is 1.08. The van der Waals surface area contributed by atoms with Gasteiger partial charge in [-0.2, -0.15) is 0 Å². The topological polar surface area (TPSA) is 38.7 Å². The maximum atomic E-state index is 5.13. The average Bonchev–Trinajstić information content (AvgIpc) is 3.74. The zero-order chi connectivity index (χ0) is 32.8. The van der Waals surface area contributed by atoms with Gasteiger partial charge in [-0.3, -0.25) is 0 Å². The summed E-state index contributed by atoms with van der Waals surface area (Å²) in [6.45, 7) is 0. The summed E-state index contributed by atoms with van der Waals surface area (Å²) in [7, 11) is 0. The highest BCUT2D eigenvalue weighted by Gasteiger charge is 2.16. The summed E-state index contributed by atoms with van der Waals surface area (Å²) in [6, 6.07) is 54.4. The van der Waals surface area contributed by atoms with E-state index in [0.717, 1.165) is 22.1 Å². The smallest absolute Gasteiger partial charge is 0.164 e. The molecule has 0 N–H and O–H groups in total. The molecule has 11 rings (SSSR count). The second-order valence-corrected chi connectivity index (χ2v) is 15.0. The molecule has 0 aliphatic heterocycles. The highest BCUT2D eigenvalue weighted by Crippen LogP contribution is 2.41. The van der Waals surface area contributed by atoms with Crippen molar-refractivity contribution in [2.45, 2.75) is 0 Å². The minimum Gasteiger partial charge on any atom is -0.208 e. The van der Waals surface area contributed by atoms with Crippen LogP contribution in [0.4, 0.5) is 0 Å². The van der Waals surface area contributed by atoms with Crippen LogP contribution in [0.3, 0.4) is 0 Å². The van der Waals surface area contributed by atoms with Crippen molar-refractivity contribution in [1.29, 1.82) is 0 Å². The van der Waals surface area contributed by atoms with Crippen LogP contribution in [0.15, 0.2) is 152 Å². The SMILES string of the molecule is c1ccc(-c2nc(-c3ccc4c(ccc5ccc6cc7c(cc6c54)sc4ccccc47)c3)nc(-c3ccc4sc5ccccc5c4c3)n2)cc1. The zero-order valence-electron chi connectivity index (χ0n) is 26.6. The molecule has 0 spiro atoms. The van der Waals surface area contributed by atoms with Gasteiger partial charge in [-0.1, -0.05) is 103 Å². The molecule has 0 radical (unpaired) electrons. The zero-order valence-corrected chi connectivity index (χ0v) is 28.2. The minimum absolute atomic E-state index is 0.663. The summed E-state index contributed by atoms with van der Waals surface area (Å²) < 4.78 is 5.19. The van der Waals surface area contributed by atoms with Gasteiger partial charge in [-0.05, 0) is 80.8 Å².